The molecule has 1 radical (unpaired) electrons. The van der Waals surface area contributed by atoms with Crippen molar-refractivity contribution in [3.05, 3.63) is 76.5 Å². The van der Waals surface area contributed by atoms with E-state index in [2.05, 4.69) is 77.1 Å². The van der Waals surface area contributed by atoms with E-state index in [0.717, 1.165) is 42.7 Å². The Morgan fingerprint density at radius 3 is 1.98 bits per heavy atom. The predicted octanol–water partition coefficient (Wildman–Crippen LogP) is 13.0. The molecule has 0 bridgehead atoms. The van der Waals surface area contributed by atoms with Crippen molar-refractivity contribution in [3.8, 4) is 10.6 Å². The molecule has 0 aliphatic rings. The van der Waals surface area contributed by atoms with E-state index in [1.165, 1.54) is 53.0 Å². The maximum atomic E-state index is 12.2. The van der Waals surface area contributed by atoms with E-state index in [9.17, 15) is 9.90 Å². The van der Waals surface area contributed by atoms with Crippen molar-refractivity contribution in [3.63, 3.8) is 0 Å². The van der Waals surface area contributed by atoms with Crippen LogP contribution in [-0.2, 0) is 31.3 Å². The molecule has 3 aromatic heterocycles. The molecule has 47 heavy (non-hydrogen) atoms. The molecular weight excluding hydrogens is 795 g/mol. The van der Waals surface area contributed by atoms with E-state index in [1.807, 2.05) is 59.1 Å². The molecule has 5 rings (SSSR count). The van der Waals surface area contributed by atoms with Crippen LogP contribution in [0.5, 0.6) is 0 Å². The van der Waals surface area contributed by atoms with Gasteiger partial charge in [0.25, 0.3) is 0 Å². The number of fused-ring (bicyclic) bond motifs is 5. The van der Waals surface area contributed by atoms with Crippen LogP contribution in [0.3, 0.4) is 0 Å². The van der Waals surface area contributed by atoms with Crippen molar-refractivity contribution < 1.29 is 30.0 Å². The zero-order valence-corrected chi connectivity index (χ0v) is 34.1. The van der Waals surface area contributed by atoms with Gasteiger partial charge in [-0.1, -0.05) is 116 Å². The number of nitrogens with zero attached hydrogens (tertiary/aromatic N) is 1. The Bertz CT molecular complexity index is 1860. The Morgan fingerprint density at radius 2 is 1.43 bits per heavy atom. The topological polar surface area (TPSA) is 50.2 Å². The number of pyridine rings is 1. The number of thiophene rings is 2. The summed E-state index contributed by atoms with van der Waals surface area (Å²) >= 11 is 3.66. The zero-order chi connectivity index (χ0) is 34.0. The Labute approximate surface area is 304 Å². The third-order valence-electron chi connectivity index (χ3n) is 10.1. The number of rotatable bonds is 9. The molecule has 1 N–H and O–H groups in total. The van der Waals surface area contributed by atoms with Gasteiger partial charge in [0, 0.05) is 52.6 Å². The molecule has 3 nitrogen and oxygen atoms in total. The number of aromatic nitrogens is 1. The molecule has 255 valence electrons. The van der Waals surface area contributed by atoms with E-state index < -0.39 is 0 Å². The van der Waals surface area contributed by atoms with E-state index >= 15 is 0 Å². The van der Waals surface area contributed by atoms with Crippen LogP contribution in [0.25, 0.3) is 41.5 Å². The van der Waals surface area contributed by atoms with Crippen molar-refractivity contribution in [2.75, 3.05) is 0 Å². The number of benzene rings is 2. The summed E-state index contributed by atoms with van der Waals surface area (Å²) in [7, 11) is 0. The number of hydrogen-bond acceptors (Lipinski definition) is 5. The summed E-state index contributed by atoms with van der Waals surface area (Å²) in [5.74, 6) is 0.286. The monoisotopic (exact) mass is 847 g/mol. The minimum Gasteiger partial charge on any atom is -0.512 e. The summed E-state index contributed by atoms with van der Waals surface area (Å²) in [4.78, 5) is 19.4. The summed E-state index contributed by atoms with van der Waals surface area (Å²) in [6.07, 6.45) is 7.79. The fraction of sp³-hybridized carbons (Fsp3) is 0.463. The van der Waals surface area contributed by atoms with Gasteiger partial charge >= 0.3 is 0 Å². The second kappa shape index (κ2) is 15.5. The number of carbonyl (C=O) groups is 1. The quantitative estimate of drug-likeness (QED) is 0.0913. The van der Waals surface area contributed by atoms with Crippen LogP contribution < -0.4 is 0 Å². The second-order valence-electron chi connectivity index (χ2n) is 14.5. The molecule has 5 aromatic rings. The SMILES string of the molecule is CCC(C)(CC)C(=O)/C=C(\O)C(C)(CC)CC.Cc1[c-]c(-c2nccc3c2sc2c4ccc(CC(C)(C)C)cc4ccc32)sc1C.[Ir]. The number of aliphatic hydroxyl groups is 1. The number of hydrogen-bond donors (Lipinski definition) is 1. The Kier molecular flexibility index (Phi) is 12.8. The maximum absolute atomic E-state index is 12.2. The second-order valence-corrected chi connectivity index (χ2v) is 16.8. The molecule has 0 saturated heterocycles. The van der Waals surface area contributed by atoms with E-state index in [0.29, 0.717) is 5.41 Å². The molecular formula is C41H52IrNO2S2-. The predicted molar refractivity (Wildman–Crippen MR) is 203 cm³/mol. The van der Waals surface area contributed by atoms with Crippen molar-refractivity contribution in [1.29, 1.82) is 0 Å². The van der Waals surface area contributed by atoms with Gasteiger partial charge in [0.15, 0.2) is 5.78 Å². The molecule has 0 amide bonds. The first kappa shape index (κ1) is 39.1. The maximum Gasteiger partial charge on any atom is 0.164 e. The van der Waals surface area contributed by atoms with Crippen LogP contribution >= 0.6 is 22.7 Å². The van der Waals surface area contributed by atoms with Crippen molar-refractivity contribution in [2.24, 2.45) is 16.2 Å². The fourth-order valence-electron chi connectivity index (χ4n) is 5.73. The smallest absolute Gasteiger partial charge is 0.164 e. The Morgan fingerprint density at radius 1 is 0.830 bits per heavy atom. The average Bonchev–Trinajstić information content (AvgIpc) is 3.58. The number of aryl methyl sites for hydroxylation is 2. The third-order valence-corrected chi connectivity index (χ3v) is 12.4. The third kappa shape index (κ3) is 8.44. The van der Waals surface area contributed by atoms with E-state index in [-0.39, 0.29) is 42.5 Å². The van der Waals surface area contributed by atoms with Crippen LogP contribution in [-0.4, -0.2) is 15.9 Å². The first-order chi connectivity index (χ1) is 21.6. The first-order valence-corrected chi connectivity index (χ1v) is 18.4. The standard InChI is InChI=1S/C26H24NS2.C15H28O2.Ir/c1-15-12-22(28-16(15)2)23-25-21(10-11-27-23)20-9-7-18-13-17(14-26(3,4)5)6-8-19(18)24(20)29-25;1-7-14(5,8-2)12(16)11-13(17)15(6,9-3)10-4;/h6-11,13H,14H2,1-5H3;11,16H,7-10H2,1-6H3;/q-1;;/b;12-11-;. The van der Waals surface area contributed by atoms with Crippen LogP contribution in [0.4, 0.5) is 0 Å². The van der Waals surface area contributed by atoms with Gasteiger partial charge in [0.1, 0.15) is 5.76 Å². The average molecular weight is 847 g/mol. The summed E-state index contributed by atoms with van der Waals surface area (Å²) in [6, 6.07) is 17.2. The molecule has 3 heterocycles. The molecule has 0 spiro atoms. The molecule has 0 atom stereocenters. The molecule has 6 heteroatoms. The summed E-state index contributed by atoms with van der Waals surface area (Å²) in [5, 5.41) is 15.4. The Hall–Kier alpha value is -2.37. The van der Waals surface area contributed by atoms with Gasteiger partial charge < -0.3 is 10.1 Å². The number of allylic oxidation sites excluding steroid dienone is 2. The molecule has 0 fully saturated rings. The van der Waals surface area contributed by atoms with Gasteiger partial charge in [0.2, 0.25) is 0 Å². The minimum absolute atomic E-state index is 0. The molecule has 2 aromatic carbocycles. The van der Waals surface area contributed by atoms with Crippen LogP contribution in [0, 0.1) is 36.2 Å². The van der Waals surface area contributed by atoms with E-state index in [4.69, 9.17) is 4.98 Å². The summed E-state index contributed by atoms with van der Waals surface area (Å²) < 4.78 is 2.63. The van der Waals surface area contributed by atoms with Gasteiger partial charge in [-0.05, 0) is 76.4 Å². The van der Waals surface area contributed by atoms with Gasteiger partial charge in [0.05, 0.1) is 0 Å². The van der Waals surface area contributed by atoms with Crippen LogP contribution in [0.2, 0.25) is 0 Å². The summed E-state index contributed by atoms with van der Waals surface area (Å²) in [6.45, 7) is 23.3. The van der Waals surface area contributed by atoms with Crippen molar-refractivity contribution in [2.45, 2.75) is 108 Å². The van der Waals surface area contributed by atoms with Crippen LogP contribution in [0.15, 0.2) is 54.4 Å². The fourth-order valence-corrected chi connectivity index (χ4v) is 8.08. The van der Waals surface area contributed by atoms with Crippen molar-refractivity contribution >= 4 is 59.4 Å². The summed E-state index contributed by atoms with van der Waals surface area (Å²) in [5.41, 5.74) is 3.40. The van der Waals surface area contributed by atoms with Gasteiger partial charge in [-0.15, -0.1) is 11.3 Å². The normalized spacial score (nSPS) is 12.7. The van der Waals surface area contributed by atoms with E-state index in [1.54, 1.807) is 11.3 Å². The first-order valence-electron chi connectivity index (χ1n) is 16.8. The molecule has 0 aliphatic heterocycles. The van der Waals surface area contributed by atoms with Crippen molar-refractivity contribution in [1.82, 2.24) is 4.98 Å². The molecule has 0 unspecified atom stereocenters. The largest absolute Gasteiger partial charge is 0.512 e. The van der Waals surface area contributed by atoms with Gasteiger partial charge in [-0.25, -0.2) is 11.3 Å². The molecule has 0 saturated carbocycles. The van der Waals surface area contributed by atoms with Gasteiger partial charge in [-0.3, -0.25) is 4.79 Å². The minimum atomic E-state index is -0.337. The number of carbonyl (C=O) groups excluding carboxylic acids is 1. The Balaban J connectivity index is 0.000000290. The van der Waals surface area contributed by atoms with Gasteiger partial charge in [-0.2, -0.15) is 11.6 Å². The molecule has 0 aliphatic carbocycles. The number of ketones is 1. The number of aliphatic hydroxyl groups excluding tert-OH is 1. The zero-order valence-electron chi connectivity index (χ0n) is 30.1. The van der Waals surface area contributed by atoms with Crippen LogP contribution in [0.1, 0.15) is 104 Å².